The molecule has 0 aliphatic carbocycles. The molecule has 5 heteroatoms. The van der Waals surface area contributed by atoms with Crippen molar-refractivity contribution in [1.29, 1.82) is 0 Å². The Morgan fingerprint density at radius 2 is 2.16 bits per heavy atom. The minimum Gasteiger partial charge on any atom is -0.329 e. The number of imidazole rings is 1. The molecule has 4 nitrogen and oxygen atoms in total. The summed E-state index contributed by atoms with van der Waals surface area (Å²) in [6.07, 6.45) is 4.43. The smallest absolute Gasteiger partial charge is 0.174 e. The third kappa shape index (κ3) is 2.24. The number of rotatable bonds is 3. The summed E-state index contributed by atoms with van der Waals surface area (Å²) in [5, 5.41) is 2.46. The molecule has 19 heavy (non-hydrogen) atoms. The first-order chi connectivity index (χ1) is 9.28. The van der Waals surface area contributed by atoms with Gasteiger partial charge in [-0.3, -0.25) is 4.79 Å². The van der Waals surface area contributed by atoms with Crippen LogP contribution < -0.4 is 0 Å². The molecule has 0 atom stereocenters. The van der Waals surface area contributed by atoms with Gasteiger partial charge in [-0.1, -0.05) is 18.2 Å². The van der Waals surface area contributed by atoms with E-state index in [9.17, 15) is 4.79 Å². The first-order valence-corrected chi connectivity index (χ1v) is 6.60. The molecule has 0 saturated heterocycles. The summed E-state index contributed by atoms with van der Waals surface area (Å²) in [7, 11) is 1.91. The fourth-order valence-corrected chi connectivity index (χ4v) is 2.68. The van der Waals surface area contributed by atoms with Gasteiger partial charge < -0.3 is 4.57 Å². The van der Waals surface area contributed by atoms with E-state index in [0.717, 1.165) is 22.3 Å². The number of hydrogen-bond acceptors (Lipinski definition) is 4. The normalized spacial score (nSPS) is 10.8. The van der Waals surface area contributed by atoms with Crippen LogP contribution in [0.1, 0.15) is 10.4 Å². The second kappa shape index (κ2) is 4.85. The van der Waals surface area contributed by atoms with Crippen LogP contribution in [0.3, 0.4) is 0 Å². The van der Waals surface area contributed by atoms with Gasteiger partial charge in [0.15, 0.2) is 11.4 Å². The van der Waals surface area contributed by atoms with Gasteiger partial charge in [-0.05, 0) is 23.9 Å². The van der Waals surface area contributed by atoms with Gasteiger partial charge in [0.2, 0.25) is 0 Å². The Bertz CT molecular complexity index is 751. The lowest BCUT2D eigenvalue weighted by molar-refractivity contribution is 0.112. The second-order valence-electron chi connectivity index (χ2n) is 4.12. The van der Waals surface area contributed by atoms with Crippen LogP contribution in [0.15, 0.2) is 52.9 Å². The van der Waals surface area contributed by atoms with Crippen molar-refractivity contribution in [2.75, 3.05) is 0 Å². The predicted octanol–water partition coefficient (Wildman–Crippen LogP) is 2.93. The fourth-order valence-electron chi connectivity index (χ4n) is 1.82. The Morgan fingerprint density at radius 1 is 1.32 bits per heavy atom. The summed E-state index contributed by atoms with van der Waals surface area (Å²) in [6.45, 7) is 0. The summed E-state index contributed by atoms with van der Waals surface area (Å²) >= 11 is 1.40. The number of aryl methyl sites for hydroxylation is 1. The van der Waals surface area contributed by atoms with Crippen LogP contribution in [0.25, 0.3) is 10.9 Å². The maximum Gasteiger partial charge on any atom is 0.174 e. The number of nitrogens with zero attached hydrogens (tertiary/aromatic N) is 3. The van der Waals surface area contributed by atoms with Gasteiger partial charge in [-0.15, -0.1) is 0 Å². The monoisotopic (exact) mass is 269 g/mol. The predicted molar refractivity (Wildman–Crippen MR) is 74.5 cm³/mol. The Balaban J connectivity index is 2.11. The number of hydrogen-bond donors (Lipinski definition) is 0. The maximum absolute atomic E-state index is 11.2. The number of carbonyl (C=O) groups excluding carboxylic acids is 1. The summed E-state index contributed by atoms with van der Waals surface area (Å²) in [4.78, 5) is 20.0. The third-order valence-corrected chi connectivity index (χ3v) is 3.90. The number of aldehydes is 1. The summed E-state index contributed by atoms with van der Waals surface area (Å²) in [5.74, 6) is 0. The van der Waals surface area contributed by atoms with Crippen LogP contribution in [0, 0.1) is 0 Å². The Labute approximate surface area is 114 Å². The number of carbonyl (C=O) groups is 1. The van der Waals surface area contributed by atoms with E-state index in [4.69, 9.17) is 0 Å². The van der Waals surface area contributed by atoms with Crippen molar-refractivity contribution < 1.29 is 4.79 Å². The quantitative estimate of drug-likeness (QED) is 0.686. The fraction of sp³-hybridized carbons (Fsp3) is 0.0714. The lowest BCUT2D eigenvalue weighted by Gasteiger charge is -2.06. The molecule has 0 bridgehead atoms. The van der Waals surface area contributed by atoms with Crippen LogP contribution in [0.5, 0.6) is 0 Å². The van der Waals surface area contributed by atoms with Crippen molar-refractivity contribution in [2.45, 2.75) is 10.2 Å². The molecule has 0 aliphatic heterocycles. The molecule has 1 aromatic carbocycles. The van der Waals surface area contributed by atoms with Crippen molar-refractivity contribution in [3.63, 3.8) is 0 Å². The minimum atomic E-state index is 0.590. The van der Waals surface area contributed by atoms with E-state index in [-0.39, 0.29) is 0 Å². The van der Waals surface area contributed by atoms with Gasteiger partial charge in [-0.2, -0.15) is 0 Å². The van der Waals surface area contributed by atoms with Gasteiger partial charge in [-0.25, -0.2) is 9.97 Å². The molecular weight excluding hydrogens is 258 g/mol. The number of fused-ring (bicyclic) bond motifs is 1. The van der Waals surface area contributed by atoms with Crippen molar-refractivity contribution in [3.8, 4) is 0 Å². The van der Waals surface area contributed by atoms with Crippen molar-refractivity contribution in [1.82, 2.24) is 14.5 Å². The highest BCUT2D eigenvalue weighted by Gasteiger charge is 2.10. The van der Waals surface area contributed by atoms with E-state index in [1.165, 1.54) is 11.8 Å². The zero-order chi connectivity index (χ0) is 13.2. The molecule has 3 aromatic rings. The first kappa shape index (κ1) is 11.9. The van der Waals surface area contributed by atoms with Crippen LogP contribution >= 0.6 is 11.8 Å². The average Bonchev–Trinajstić information content (AvgIpc) is 2.83. The highest BCUT2D eigenvalue weighted by atomic mass is 32.2. The van der Waals surface area contributed by atoms with Gasteiger partial charge in [0.1, 0.15) is 5.03 Å². The minimum absolute atomic E-state index is 0.590. The SMILES string of the molecule is Cn1ccnc1Sc1nc2ccccc2cc1C=O. The van der Waals surface area contributed by atoms with E-state index in [0.29, 0.717) is 10.6 Å². The summed E-state index contributed by atoms with van der Waals surface area (Å²) in [5.41, 5.74) is 1.47. The van der Waals surface area contributed by atoms with Crippen molar-refractivity contribution >= 4 is 29.0 Å². The molecule has 0 N–H and O–H groups in total. The molecule has 2 aromatic heterocycles. The van der Waals surface area contributed by atoms with E-state index in [1.54, 1.807) is 6.20 Å². The zero-order valence-corrected chi connectivity index (χ0v) is 11.1. The van der Waals surface area contributed by atoms with E-state index in [1.807, 2.05) is 48.1 Å². The first-order valence-electron chi connectivity index (χ1n) is 5.78. The van der Waals surface area contributed by atoms with Gasteiger partial charge >= 0.3 is 0 Å². The standard InChI is InChI=1S/C14H11N3OS/c1-17-7-6-15-14(17)19-13-11(9-18)8-10-4-2-3-5-12(10)16-13/h2-9H,1H3. The Hall–Kier alpha value is -2.14. The van der Waals surface area contributed by atoms with Crippen LogP contribution in [-0.4, -0.2) is 20.8 Å². The zero-order valence-electron chi connectivity index (χ0n) is 10.3. The number of benzene rings is 1. The molecule has 0 radical (unpaired) electrons. The average molecular weight is 269 g/mol. The van der Waals surface area contributed by atoms with Gasteiger partial charge in [0, 0.05) is 30.4 Å². The molecule has 0 aliphatic rings. The lowest BCUT2D eigenvalue weighted by atomic mass is 10.2. The molecule has 94 valence electrons. The number of aromatic nitrogens is 3. The molecule has 0 unspecified atom stereocenters. The largest absolute Gasteiger partial charge is 0.329 e. The van der Waals surface area contributed by atoms with Gasteiger partial charge in [0.25, 0.3) is 0 Å². The van der Waals surface area contributed by atoms with E-state index < -0.39 is 0 Å². The number of pyridine rings is 1. The highest BCUT2D eigenvalue weighted by Crippen LogP contribution is 2.28. The van der Waals surface area contributed by atoms with Crippen molar-refractivity contribution in [2.24, 2.45) is 7.05 Å². The summed E-state index contributed by atoms with van der Waals surface area (Å²) < 4.78 is 1.90. The maximum atomic E-state index is 11.2. The van der Waals surface area contributed by atoms with Crippen molar-refractivity contribution in [3.05, 3.63) is 48.3 Å². The molecule has 0 amide bonds. The Kier molecular flexibility index (Phi) is 3.05. The number of para-hydroxylation sites is 1. The van der Waals surface area contributed by atoms with Crippen LogP contribution in [0.2, 0.25) is 0 Å². The lowest BCUT2D eigenvalue weighted by Crippen LogP contribution is -1.94. The van der Waals surface area contributed by atoms with E-state index in [2.05, 4.69) is 9.97 Å². The van der Waals surface area contributed by atoms with Crippen LogP contribution in [-0.2, 0) is 7.05 Å². The molecule has 3 rings (SSSR count). The second-order valence-corrected chi connectivity index (χ2v) is 5.07. The molecule has 0 fully saturated rings. The molecule has 0 spiro atoms. The highest BCUT2D eigenvalue weighted by molar-refractivity contribution is 7.99. The molecular formula is C14H11N3OS. The third-order valence-electron chi connectivity index (χ3n) is 2.81. The molecule has 2 heterocycles. The van der Waals surface area contributed by atoms with E-state index >= 15 is 0 Å². The van der Waals surface area contributed by atoms with Gasteiger partial charge in [0.05, 0.1) is 5.52 Å². The summed E-state index contributed by atoms with van der Waals surface area (Å²) in [6, 6.07) is 9.62. The topological polar surface area (TPSA) is 47.8 Å². The van der Waals surface area contributed by atoms with Crippen LogP contribution in [0.4, 0.5) is 0 Å². The molecule has 0 saturated carbocycles. The Morgan fingerprint density at radius 3 is 2.89 bits per heavy atom.